The van der Waals surface area contributed by atoms with Gasteiger partial charge in [-0.25, -0.2) is 0 Å². The lowest BCUT2D eigenvalue weighted by atomic mass is 10.2. The normalized spacial score (nSPS) is 11.1. The monoisotopic (exact) mass is 372 g/mol. The number of anilines is 1. The molecule has 0 saturated heterocycles. The number of amides is 1. The lowest BCUT2D eigenvalue weighted by Gasteiger charge is -2.15. The van der Waals surface area contributed by atoms with Crippen molar-refractivity contribution in [2.24, 2.45) is 0 Å². The Morgan fingerprint density at radius 2 is 1.61 bits per heavy atom. The summed E-state index contributed by atoms with van der Waals surface area (Å²) < 4.78 is 11.4. The molecule has 0 saturated carbocycles. The van der Waals surface area contributed by atoms with Crippen molar-refractivity contribution in [2.75, 3.05) is 5.32 Å². The molecular weight excluding hydrogens is 352 g/mol. The standard InChI is InChI=1S/C23H20N2O3/c1-17(23(26)25-22-10-6-5-9-19(22)15-24)28-21-13-11-20(12-14-21)27-16-18-7-3-2-4-8-18/h2-14,17H,16H2,1H3,(H,25,26)/t17-/m0/s1. The van der Waals surface area contributed by atoms with E-state index in [2.05, 4.69) is 11.4 Å². The second-order valence-electron chi connectivity index (χ2n) is 6.15. The number of carbonyl (C=O) groups excluding carboxylic acids is 1. The Kier molecular flexibility index (Phi) is 6.27. The largest absolute Gasteiger partial charge is 0.489 e. The minimum Gasteiger partial charge on any atom is -0.489 e. The zero-order valence-electron chi connectivity index (χ0n) is 15.5. The molecule has 3 rings (SSSR count). The molecule has 0 heterocycles. The fourth-order valence-electron chi connectivity index (χ4n) is 2.54. The third kappa shape index (κ3) is 5.12. The highest BCUT2D eigenvalue weighted by molar-refractivity contribution is 5.95. The Hall–Kier alpha value is -3.78. The van der Waals surface area contributed by atoms with Crippen LogP contribution in [0.1, 0.15) is 18.1 Å². The smallest absolute Gasteiger partial charge is 0.265 e. The van der Waals surface area contributed by atoms with Crippen LogP contribution in [0.3, 0.4) is 0 Å². The maximum Gasteiger partial charge on any atom is 0.265 e. The molecule has 3 aromatic rings. The van der Waals surface area contributed by atoms with Crippen molar-refractivity contribution in [3.63, 3.8) is 0 Å². The molecule has 0 unspecified atom stereocenters. The van der Waals surface area contributed by atoms with Crippen molar-refractivity contribution in [1.82, 2.24) is 0 Å². The molecule has 1 atom stereocenters. The van der Waals surface area contributed by atoms with E-state index in [1.165, 1.54) is 0 Å². The van der Waals surface area contributed by atoms with Gasteiger partial charge in [0, 0.05) is 0 Å². The number of benzene rings is 3. The van der Waals surface area contributed by atoms with E-state index in [0.717, 1.165) is 11.3 Å². The van der Waals surface area contributed by atoms with Gasteiger partial charge in [0.05, 0.1) is 11.3 Å². The average Bonchev–Trinajstić information content (AvgIpc) is 2.74. The Morgan fingerprint density at radius 3 is 2.32 bits per heavy atom. The van der Waals surface area contributed by atoms with Crippen molar-refractivity contribution in [3.8, 4) is 17.6 Å². The van der Waals surface area contributed by atoms with Crippen molar-refractivity contribution in [1.29, 1.82) is 5.26 Å². The lowest BCUT2D eigenvalue weighted by Crippen LogP contribution is -2.30. The molecule has 140 valence electrons. The summed E-state index contributed by atoms with van der Waals surface area (Å²) in [6.07, 6.45) is -0.720. The summed E-state index contributed by atoms with van der Waals surface area (Å²) in [7, 11) is 0. The highest BCUT2D eigenvalue weighted by atomic mass is 16.5. The molecule has 1 N–H and O–H groups in total. The van der Waals surface area contributed by atoms with Crippen LogP contribution in [-0.4, -0.2) is 12.0 Å². The molecular formula is C23H20N2O3. The Bertz CT molecular complexity index is 963. The van der Waals surface area contributed by atoms with E-state index in [-0.39, 0.29) is 5.91 Å². The van der Waals surface area contributed by atoms with E-state index in [9.17, 15) is 4.79 Å². The first-order valence-corrected chi connectivity index (χ1v) is 8.89. The highest BCUT2D eigenvalue weighted by Crippen LogP contribution is 2.20. The van der Waals surface area contributed by atoms with Crippen molar-refractivity contribution < 1.29 is 14.3 Å². The first-order valence-electron chi connectivity index (χ1n) is 8.89. The van der Waals surface area contributed by atoms with Gasteiger partial charge in [-0.05, 0) is 48.9 Å². The maximum atomic E-state index is 12.3. The van der Waals surface area contributed by atoms with Crippen LogP contribution in [0.5, 0.6) is 11.5 Å². The second-order valence-corrected chi connectivity index (χ2v) is 6.15. The van der Waals surface area contributed by atoms with Crippen molar-refractivity contribution >= 4 is 11.6 Å². The second kappa shape index (κ2) is 9.24. The fourth-order valence-corrected chi connectivity index (χ4v) is 2.54. The number of nitrogens with one attached hydrogen (secondary N) is 1. The average molecular weight is 372 g/mol. The van der Waals surface area contributed by atoms with Crippen LogP contribution in [0.25, 0.3) is 0 Å². The molecule has 0 aliphatic carbocycles. The minimum atomic E-state index is -0.720. The van der Waals surface area contributed by atoms with Crippen LogP contribution in [-0.2, 0) is 11.4 Å². The number of rotatable bonds is 7. The van der Waals surface area contributed by atoms with Gasteiger partial charge >= 0.3 is 0 Å². The van der Waals surface area contributed by atoms with E-state index >= 15 is 0 Å². The first-order chi connectivity index (χ1) is 13.7. The molecule has 0 aliphatic heterocycles. The zero-order chi connectivity index (χ0) is 19.8. The molecule has 5 nitrogen and oxygen atoms in total. The molecule has 0 spiro atoms. The summed E-state index contributed by atoms with van der Waals surface area (Å²) in [4.78, 5) is 12.3. The molecule has 0 aromatic heterocycles. The number of para-hydroxylation sites is 1. The van der Waals surface area contributed by atoms with Gasteiger partial charge in [0.25, 0.3) is 5.91 Å². The van der Waals surface area contributed by atoms with Gasteiger partial charge in [0.2, 0.25) is 0 Å². The summed E-state index contributed by atoms with van der Waals surface area (Å²) in [5.74, 6) is 0.951. The maximum absolute atomic E-state index is 12.3. The summed E-state index contributed by atoms with van der Waals surface area (Å²) in [5.41, 5.74) is 1.96. The lowest BCUT2D eigenvalue weighted by molar-refractivity contribution is -0.122. The third-order valence-electron chi connectivity index (χ3n) is 4.06. The topological polar surface area (TPSA) is 71.3 Å². The number of nitriles is 1. The number of hydrogen-bond donors (Lipinski definition) is 1. The number of hydrogen-bond acceptors (Lipinski definition) is 4. The van der Waals surface area contributed by atoms with E-state index in [1.54, 1.807) is 55.5 Å². The molecule has 5 heteroatoms. The zero-order valence-corrected chi connectivity index (χ0v) is 15.5. The summed E-state index contributed by atoms with van der Waals surface area (Å²) in [5, 5.41) is 11.8. The van der Waals surface area contributed by atoms with Crippen LogP contribution in [0.2, 0.25) is 0 Å². The summed E-state index contributed by atoms with van der Waals surface area (Å²) in [6.45, 7) is 2.14. The molecule has 0 aliphatic rings. The molecule has 28 heavy (non-hydrogen) atoms. The van der Waals surface area contributed by atoms with E-state index < -0.39 is 6.10 Å². The minimum absolute atomic E-state index is 0.327. The quantitative estimate of drug-likeness (QED) is 0.661. The van der Waals surface area contributed by atoms with E-state index in [0.29, 0.717) is 23.6 Å². The number of nitrogens with zero attached hydrogens (tertiary/aromatic N) is 1. The molecule has 0 bridgehead atoms. The van der Waals surface area contributed by atoms with Crippen LogP contribution in [0, 0.1) is 11.3 Å². The fraction of sp³-hybridized carbons (Fsp3) is 0.130. The van der Waals surface area contributed by atoms with Crippen LogP contribution in [0.15, 0.2) is 78.9 Å². The van der Waals surface area contributed by atoms with E-state index in [4.69, 9.17) is 14.7 Å². The summed E-state index contributed by atoms with van der Waals surface area (Å²) >= 11 is 0. The summed E-state index contributed by atoms with van der Waals surface area (Å²) in [6, 6.07) is 25.9. The van der Waals surface area contributed by atoms with E-state index in [1.807, 2.05) is 30.3 Å². The van der Waals surface area contributed by atoms with Gasteiger partial charge < -0.3 is 14.8 Å². The Balaban J connectivity index is 1.54. The Labute approximate surface area is 164 Å². The molecule has 0 fully saturated rings. The van der Waals surface area contributed by atoms with Gasteiger partial charge in [0.1, 0.15) is 24.2 Å². The predicted molar refractivity (Wildman–Crippen MR) is 107 cm³/mol. The van der Waals surface area contributed by atoms with Crippen LogP contribution < -0.4 is 14.8 Å². The SMILES string of the molecule is C[C@H](Oc1ccc(OCc2ccccc2)cc1)C(=O)Nc1ccccc1C#N. The molecule has 0 radical (unpaired) electrons. The van der Waals surface area contributed by atoms with Gasteiger partial charge in [-0.15, -0.1) is 0 Å². The van der Waals surface area contributed by atoms with Gasteiger partial charge in [-0.3, -0.25) is 4.79 Å². The van der Waals surface area contributed by atoms with Gasteiger partial charge in [-0.2, -0.15) is 5.26 Å². The van der Waals surface area contributed by atoms with Crippen molar-refractivity contribution in [2.45, 2.75) is 19.6 Å². The van der Waals surface area contributed by atoms with Gasteiger partial charge in [0.15, 0.2) is 6.10 Å². The first kappa shape index (κ1) is 19.0. The Morgan fingerprint density at radius 1 is 0.964 bits per heavy atom. The number of ether oxygens (including phenoxy) is 2. The predicted octanol–water partition coefficient (Wildman–Crippen LogP) is 4.54. The van der Waals surface area contributed by atoms with Gasteiger partial charge in [-0.1, -0.05) is 42.5 Å². The van der Waals surface area contributed by atoms with Crippen molar-refractivity contribution in [3.05, 3.63) is 90.0 Å². The van der Waals surface area contributed by atoms with Crippen LogP contribution >= 0.6 is 0 Å². The molecule has 3 aromatic carbocycles. The highest BCUT2D eigenvalue weighted by Gasteiger charge is 2.16. The number of carbonyl (C=O) groups is 1. The molecule has 1 amide bonds. The van der Waals surface area contributed by atoms with Crippen LogP contribution in [0.4, 0.5) is 5.69 Å². The third-order valence-corrected chi connectivity index (χ3v) is 4.06.